The lowest BCUT2D eigenvalue weighted by molar-refractivity contribution is 0.0721. The van der Waals surface area contributed by atoms with Crippen LogP contribution in [-0.4, -0.2) is 37.8 Å². The van der Waals surface area contributed by atoms with Crippen LogP contribution >= 0.6 is 11.7 Å². The molecule has 8 nitrogen and oxygen atoms in total. The third kappa shape index (κ3) is 4.98. The first-order valence-electron chi connectivity index (χ1n) is 11.4. The van der Waals surface area contributed by atoms with E-state index in [4.69, 9.17) is 4.42 Å². The molecule has 1 aromatic carbocycles. The summed E-state index contributed by atoms with van der Waals surface area (Å²) >= 11 is 1.07. The van der Waals surface area contributed by atoms with E-state index in [0.717, 1.165) is 61.2 Å². The molecule has 0 radical (unpaired) electrons. The maximum atomic E-state index is 12.9. The summed E-state index contributed by atoms with van der Waals surface area (Å²) < 4.78 is 14.7. The highest BCUT2D eigenvalue weighted by Gasteiger charge is 2.25. The number of likely N-dealkylation sites (tertiary alicyclic amines) is 1. The SMILES string of the molecule is Cc1cc([C@H](Nc2nsnc2Nc2cccc(C(=O)N3CCCCC3)c2O)C(C)C)oc1C. The number of anilines is 3. The predicted molar refractivity (Wildman–Crippen MR) is 130 cm³/mol. The molecule has 176 valence electrons. The highest BCUT2D eigenvalue weighted by Crippen LogP contribution is 2.36. The van der Waals surface area contributed by atoms with Crippen LogP contribution in [0.1, 0.15) is 66.6 Å². The first-order valence-corrected chi connectivity index (χ1v) is 12.1. The molecule has 1 amide bonds. The summed E-state index contributed by atoms with van der Waals surface area (Å²) in [5, 5.41) is 17.5. The van der Waals surface area contributed by atoms with Gasteiger partial charge in [-0.3, -0.25) is 4.79 Å². The third-order valence-electron chi connectivity index (χ3n) is 6.10. The summed E-state index contributed by atoms with van der Waals surface area (Å²) in [6.07, 6.45) is 3.13. The van der Waals surface area contributed by atoms with Crippen LogP contribution < -0.4 is 10.6 Å². The van der Waals surface area contributed by atoms with Crippen molar-refractivity contribution >= 4 is 35.0 Å². The summed E-state index contributed by atoms with van der Waals surface area (Å²) in [7, 11) is 0. The number of phenols is 1. The minimum atomic E-state index is -0.144. The van der Waals surface area contributed by atoms with Crippen molar-refractivity contribution in [2.24, 2.45) is 5.92 Å². The second-order valence-electron chi connectivity index (χ2n) is 8.90. The van der Waals surface area contributed by atoms with Crippen LogP contribution in [0.3, 0.4) is 0 Å². The number of amides is 1. The van der Waals surface area contributed by atoms with Crippen LogP contribution in [0, 0.1) is 19.8 Å². The van der Waals surface area contributed by atoms with Gasteiger partial charge in [0.05, 0.1) is 29.0 Å². The van der Waals surface area contributed by atoms with Gasteiger partial charge in [-0.05, 0) is 62.8 Å². The van der Waals surface area contributed by atoms with Gasteiger partial charge in [0.25, 0.3) is 5.91 Å². The molecule has 1 aliphatic heterocycles. The van der Waals surface area contributed by atoms with Crippen molar-refractivity contribution in [2.45, 2.75) is 53.0 Å². The highest BCUT2D eigenvalue weighted by atomic mass is 32.1. The molecule has 3 heterocycles. The number of carbonyl (C=O) groups excluding carboxylic acids is 1. The van der Waals surface area contributed by atoms with Gasteiger partial charge in [-0.15, -0.1) is 0 Å². The molecule has 0 unspecified atom stereocenters. The quantitative estimate of drug-likeness (QED) is 0.385. The number of hydrogen-bond donors (Lipinski definition) is 3. The molecule has 1 atom stereocenters. The average Bonchev–Trinajstić information content (AvgIpc) is 3.38. The maximum absolute atomic E-state index is 12.9. The van der Waals surface area contributed by atoms with E-state index in [-0.39, 0.29) is 23.6 Å². The van der Waals surface area contributed by atoms with Crippen LogP contribution in [0.15, 0.2) is 28.7 Å². The van der Waals surface area contributed by atoms with Gasteiger partial charge in [0.15, 0.2) is 17.4 Å². The monoisotopic (exact) mass is 469 g/mol. The molecule has 3 N–H and O–H groups in total. The summed E-state index contributed by atoms with van der Waals surface area (Å²) in [5.74, 6) is 2.81. The molecule has 33 heavy (non-hydrogen) atoms. The van der Waals surface area contributed by atoms with Gasteiger partial charge in [0.2, 0.25) is 0 Å². The number of nitrogens with one attached hydrogen (secondary N) is 2. The highest BCUT2D eigenvalue weighted by molar-refractivity contribution is 6.99. The molecule has 0 bridgehead atoms. The minimum absolute atomic E-state index is 0.0790. The Morgan fingerprint density at radius 1 is 1.15 bits per heavy atom. The zero-order valence-electron chi connectivity index (χ0n) is 19.5. The van der Waals surface area contributed by atoms with Gasteiger partial charge in [-0.25, -0.2) is 0 Å². The molecule has 0 spiro atoms. The molecule has 0 saturated carbocycles. The summed E-state index contributed by atoms with van der Waals surface area (Å²) in [6, 6.07) is 7.10. The molecule has 1 fully saturated rings. The van der Waals surface area contributed by atoms with E-state index >= 15 is 0 Å². The van der Waals surface area contributed by atoms with Gasteiger partial charge in [0, 0.05) is 13.1 Å². The van der Waals surface area contributed by atoms with Crippen LogP contribution in [0.2, 0.25) is 0 Å². The van der Waals surface area contributed by atoms with Crippen LogP contribution in [0.4, 0.5) is 17.3 Å². The first kappa shape index (κ1) is 23.1. The van der Waals surface area contributed by atoms with Crippen molar-refractivity contribution in [3.05, 3.63) is 46.9 Å². The molecule has 3 aromatic rings. The Labute approximate surface area is 198 Å². The third-order valence-corrected chi connectivity index (χ3v) is 6.63. The second kappa shape index (κ2) is 9.82. The Balaban J connectivity index is 1.55. The maximum Gasteiger partial charge on any atom is 0.257 e. The number of aryl methyl sites for hydroxylation is 2. The summed E-state index contributed by atoms with van der Waals surface area (Å²) in [6.45, 7) is 9.65. The largest absolute Gasteiger partial charge is 0.505 e. The number of rotatable bonds is 7. The molecule has 9 heteroatoms. The Hall–Kier alpha value is -3.07. The molecular formula is C24H31N5O3S. The zero-order valence-corrected chi connectivity index (χ0v) is 20.3. The van der Waals surface area contributed by atoms with Crippen molar-refractivity contribution in [3.8, 4) is 5.75 Å². The fourth-order valence-corrected chi connectivity index (χ4v) is 4.52. The topological polar surface area (TPSA) is 104 Å². The average molecular weight is 470 g/mol. The smallest absolute Gasteiger partial charge is 0.257 e. The standard InChI is InChI=1S/C24H31N5O3S/c1-14(2)20(19-13-15(3)16(4)32-19)26-23-22(27-33-28-23)25-18-10-8-9-17(21(18)30)24(31)29-11-6-5-7-12-29/h8-10,13-14,20,30H,5-7,11-12H2,1-4H3,(H,25,27)(H,26,28)/t20-/m1/s1. The van der Waals surface area contributed by atoms with E-state index in [0.29, 0.717) is 22.9 Å². The van der Waals surface area contributed by atoms with E-state index < -0.39 is 0 Å². The molecular weight excluding hydrogens is 438 g/mol. The van der Waals surface area contributed by atoms with Crippen LogP contribution in [0.5, 0.6) is 5.75 Å². The number of nitrogens with zero attached hydrogens (tertiary/aromatic N) is 3. The van der Waals surface area contributed by atoms with Crippen molar-refractivity contribution in [1.29, 1.82) is 0 Å². The number of aromatic hydroxyl groups is 1. The van der Waals surface area contributed by atoms with Gasteiger partial charge in [-0.2, -0.15) is 8.75 Å². The van der Waals surface area contributed by atoms with Crippen molar-refractivity contribution in [3.63, 3.8) is 0 Å². The van der Waals surface area contributed by atoms with Gasteiger partial charge >= 0.3 is 0 Å². The number of hydrogen-bond acceptors (Lipinski definition) is 8. The Bertz CT molecular complexity index is 1100. The van der Waals surface area contributed by atoms with E-state index in [1.807, 2.05) is 19.9 Å². The Morgan fingerprint density at radius 3 is 2.55 bits per heavy atom. The van der Waals surface area contributed by atoms with Gasteiger partial charge < -0.3 is 25.1 Å². The van der Waals surface area contributed by atoms with Crippen molar-refractivity contribution in [1.82, 2.24) is 13.6 Å². The number of phenolic OH excluding ortho intramolecular Hbond substituents is 1. The molecule has 1 aliphatic rings. The zero-order chi connectivity index (χ0) is 23.5. The lowest BCUT2D eigenvalue weighted by Crippen LogP contribution is -2.35. The Kier molecular flexibility index (Phi) is 6.88. The second-order valence-corrected chi connectivity index (χ2v) is 9.42. The van der Waals surface area contributed by atoms with Crippen molar-refractivity contribution < 1.29 is 14.3 Å². The van der Waals surface area contributed by atoms with Crippen LogP contribution in [0.25, 0.3) is 0 Å². The Morgan fingerprint density at radius 2 is 1.88 bits per heavy atom. The van der Waals surface area contributed by atoms with E-state index in [1.165, 1.54) is 0 Å². The molecule has 2 aromatic heterocycles. The van der Waals surface area contributed by atoms with E-state index in [1.54, 1.807) is 23.1 Å². The summed E-state index contributed by atoms with van der Waals surface area (Å²) in [5.41, 5.74) is 1.81. The molecule has 4 rings (SSSR count). The fraction of sp³-hybridized carbons (Fsp3) is 0.458. The number of benzene rings is 1. The van der Waals surface area contributed by atoms with Crippen LogP contribution in [-0.2, 0) is 0 Å². The predicted octanol–water partition coefficient (Wildman–Crippen LogP) is 5.63. The number of aromatic nitrogens is 2. The lowest BCUT2D eigenvalue weighted by Gasteiger charge is -2.27. The number of carbonyl (C=O) groups is 1. The minimum Gasteiger partial charge on any atom is -0.505 e. The van der Waals surface area contributed by atoms with Gasteiger partial charge in [-0.1, -0.05) is 19.9 Å². The molecule has 0 aliphatic carbocycles. The number of para-hydroxylation sites is 1. The normalized spacial score (nSPS) is 15.0. The van der Waals surface area contributed by atoms with Gasteiger partial charge in [0.1, 0.15) is 11.5 Å². The van der Waals surface area contributed by atoms with E-state index in [9.17, 15) is 9.90 Å². The molecule has 1 saturated heterocycles. The summed E-state index contributed by atoms with van der Waals surface area (Å²) in [4.78, 5) is 14.7. The number of furan rings is 1. The fourth-order valence-electron chi connectivity index (χ4n) is 4.05. The van der Waals surface area contributed by atoms with Crippen molar-refractivity contribution in [2.75, 3.05) is 23.7 Å². The lowest BCUT2D eigenvalue weighted by atomic mass is 10.0. The van der Waals surface area contributed by atoms with E-state index in [2.05, 4.69) is 33.2 Å². The first-order chi connectivity index (χ1) is 15.8. The number of piperidine rings is 1.